The summed E-state index contributed by atoms with van der Waals surface area (Å²) in [4.78, 5) is 10.6. The molecular weight excluding hydrogens is 144 g/mol. The molecule has 0 aliphatic carbocycles. The molecule has 3 heteroatoms. The monoisotopic (exact) mass is 154 g/mol. The zero-order chi connectivity index (χ0) is 8.53. The summed E-state index contributed by atoms with van der Waals surface area (Å²) < 4.78 is 4.57. The van der Waals surface area contributed by atoms with Crippen LogP contribution in [0, 0.1) is 11.8 Å². The van der Waals surface area contributed by atoms with Crippen molar-refractivity contribution < 1.29 is 14.6 Å². The number of hydrogen-bond donors (Lipinski definition) is 1. The summed E-state index contributed by atoms with van der Waals surface area (Å²) in [7, 11) is 0. The van der Waals surface area contributed by atoms with Gasteiger partial charge in [-0.05, 0) is 13.0 Å². The number of carbonyl (C=O) groups excluding carboxylic acids is 1. The van der Waals surface area contributed by atoms with Crippen molar-refractivity contribution in [3.8, 4) is 11.8 Å². The SMILES string of the molecule is CCOC(=O)/C=C/C#CCO. The van der Waals surface area contributed by atoms with E-state index in [4.69, 9.17) is 5.11 Å². The molecule has 0 atom stereocenters. The predicted octanol–water partition coefficient (Wildman–Crippen LogP) is 0.101. The Kier molecular flexibility index (Phi) is 6.05. The second-order valence-corrected chi connectivity index (χ2v) is 1.56. The van der Waals surface area contributed by atoms with Crippen molar-refractivity contribution in [2.45, 2.75) is 6.92 Å². The van der Waals surface area contributed by atoms with Crippen molar-refractivity contribution in [1.82, 2.24) is 0 Å². The molecule has 0 amide bonds. The van der Waals surface area contributed by atoms with E-state index in [0.717, 1.165) is 0 Å². The van der Waals surface area contributed by atoms with Gasteiger partial charge in [-0.2, -0.15) is 0 Å². The molecule has 0 rings (SSSR count). The molecule has 0 spiro atoms. The quantitative estimate of drug-likeness (QED) is 0.348. The maximum absolute atomic E-state index is 10.6. The minimum Gasteiger partial charge on any atom is -0.463 e. The molecule has 0 heterocycles. The molecule has 0 aliphatic heterocycles. The molecule has 11 heavy (non-hydrogen) atoms. The van der Waals surface area contributed by atoms with Gasteiger partial charge in [0.25, 0.3) is 0 Å². The lowest BCUT2D eigenvalue weighted by Crippen LogP contribution is -1.98. The number of hydrogen-bond acceptors (Lipinski definition) is 3. The molecule has 0 aromatic carbocycles. The highest BCUT2D eigenvalue weighted by atomic mass is 16.5. The molecule has 0 aromatic heterocycles. The van der Waals surface area contributed by atoms with Crippen LogP contribution in [0.2, 0.25) is 0 Å². The fourth-order valence-corrected chi connectivity index (χ4v) is 0.405. The van der Waals surface area contributed by atoms with Gasteiger partial charge in [0.05, 0.1) is 6.61 Å². The number of aliphatic hydroxyl groups excluding tert-OH is 1. The summed E-state index contributed by atoms with van der Waals surface area (Å²) in [6.45, 7) is 1.88. The molecule has 60 valence electrons. The van der Waals surface area contributed by atoms with E-state index < -0.39 is 5.97 Å². The van der Waals surface area contributed by atoms with Crippen molar-refractivity contribution in [1.29, 1.82) is 0 Å². The smallest absolute Gasteiger partial charge is 0.331 e. The van der Waals surface area contributed by atoms with Crippen LogP contribution in [0.15, 0.2) is 12.2 Å². The van der Waals surface area contributed by atoms with Crippen LogP contribution in [0.5, 0.6) is 0 Å². The van der Waals surface area contributed by atoms with Crippen molar-refractivity contribution >= 4 is 5.97 Å². The molecule has 0 unspecified atom stereocenters. The summed E-state index contributed by atoms with van der Waals surface area (Å²) in [6, 6.07) is 0. The van der Waals surface area contributed by atoms with Crippen LogP contribution in [-0.2, 0) is 9.53 Å². The van der Waals surface area contributed by atoms with E-state index >= 15 is 0 Å². The summed E-state index contributed by atoms with van der Waals surface area (Å²) in [6.07, 6.45) is 2.56. The first-order valence-corrected chi connectivity index (χ1v) is 3.23. The Bertz CT molecular complexity index is 195. The Hall–Kier alpha value is -1.27. The third kappa shape index (κ3) is 6.62. The Labute approximate surface area is 65.7 Å². The lowest BCUT2D eigenvalue weighted by atomic mass is 10.5. The standard InChI is InChI=1S/C8H10O3/c1-2-11-8(10)6-4-3-5-7-9/h4,6,9H,2,7H2,1H3/b6-4+. The molecule has 3 nitrogen and oxygen atoms in total. The predicted molar refractivity (Wildman–Crippen MR) is 40.6 cm³/mol. The molecule has 0 bridgehead atoms. The number of ether oxygens (including phenoxy) is 1. The summed E-state index contributed by atoms with van der Waals surface area (Å²) >= 11 is 0. The van der Waals surface area contributed by atoms with Crippen molar-refractivity contribution in [3.05, 3.63) is 12.2 Å². The van der Waals surface area contributed by atoms with Gasteiger partial charge >= 0.3 is 5.97 Å². The van der Waals surface area contributed by atoms with E-state index in [1.165, 1.54) is 12.2 Å². The summed E-state index contributed by atoms with van der Waals surface area (Å²) in [5.41, 5.74) is 0. The maximum Gasteiger partial charge on any atom is 0.331 e. The van der Waals surface area contributed by atoms with Crippen molar-refractivity contribution in [2.24, 2.45) is 0 Å². The number of carbonyl (C=O) groups is 1. The maximum atomic E-state index is 10.6. The molecule has 0 saturated heterocycles. The van der Waals surface area contributed by atoms with E-state index in [0.29, 0.717) is 6.61 Å². The van der Waals surface area contributed by atoms with E-state index in [1.54, 1.807) is 6.92 Å². The van der Waals surface area contributed by atoms with Gasteiger partial charge in [0.2, 0.25) is 0 Å². The van der Waals surface area contributed by atoms with E-state index in [1.807, 2.05) is 0 Å². The van der Waals surface area contributed by atoms with Gasteiger partial charge in [0, 0.05) is 6.08 Å². The van der Waals surface area contributed by atoms with Gasteiger partial charge in [-0.3, -0.25) is 0 Å². The first-order valence-electron chi connectivity index (χ1n) is 3.23. The number of aliphatic hydroxyl groups is 1. The molecule has 0 saturated carbocycles. The van der Waals surface area contributed by atoms with Gasteiger partial charge in [-0.25, -0.2) is 4.79 Å². The fraction of sp³-hybridized carbons (Fsp3) is 0.375. The van der Waals surface area contributed by atoms with Gasteiger partial charge in [0.1, 0.15) is 6.61 Å². The average Bonchev–Trinajstić information content (AvgIpc) is 1.99. The van der Waals surface area contributed by atoms with Crippen molar-refractivity contribution in [3.63, 3.8) is 0 Å². The Morgan fingerprint density at radius 2 is 2.45 bits per heavy atom. The highest BCUT2D eigenvalue weighted by Crippen LogP contribution is 1.79. The van der Waals surface area contributed by atoms with Crippen LogP contribution in [0.4, 0.5) is 0 Å². The van der Waals surface area contributed by atoms with Crippen LogP contribution in [0.1, 0.15) is 6.92 Å². The minimum atomic E-state index is -0.417. The highest BCUT2D eigenvalue weighted by Gasteiger charge is 1.89. The summed E-state index contributed by atoms with van der Waals surface area (Å²) in [5.74, 6) is 4.38. The average molecular weight is 154 g/mol. The van der Waals surface area contributed by atoms with Crippen molar-refractivity contribution in [2.75, 3.05) is 13.2 Å². The third-order valence-corrected chi connectivity index (χ3v) is 0.770. The molecular formula is C8H10O3. The van der Waals surface area contributed by atoms with Gasteiger partial charge in [-0.15, -0.1) is 0 Å². The molecule has 1 N–H and O–H groups in total. The van der Waals surface area contributed by atoms with Crippen LogP contribution < -0.4 is 0 Å². The largest absolute Gasteiger partial charge is 0.463 e. The van der Waals surface area contributed by atoms with Crippen LogP contribution in [-0.4, -0.2) is 24.3 Å². The molecule has 0 aromatic rings. The van der Waals surface area contributed by atoms with Crippen LogP contribution >= 0.6 is 0 Å². The molecule has 0 aliphatic rings. The van der Waals surface area contributed by atoms with Crippen LogP contribution in [0.3, 0.4) is 0 Å². The molecule has 0 fully saturated rings. The lowest BCUT2D eigenvalue weighted by molar-refractivity contribution is -0.137. The Balaban J connectivity index is 3.65. The van der Waals surface area contributed by atoms with Gasteiger partial charge < -0.3 is 9.84 Å². The normalized spacial score (nSPS) is 8.91. The fourth-order valence-electron chi connectivity index (χ4n) is 0.405. The van der Waals surface area contributed by atoms with Gasteiger partial charge in [0.15, 0.2) is 0 Å². The van der Waals surface area contributed by atoms with E-state index in [-0.39, 0.29) is 6.61 Å². The van der Waals surface area contributed by atoms with E-state index in [9.17, 15) is 4.79 Å². The number of rotatable bonds is 2. The first-order chi connectivity index (χ1) is 5.31. The summed E-state index contributed by atoms with van der Waals surface area (Å²) in [5, 5.41) is 8.21. The van der Waals surface area contributed by atoms with Gasteiger partial charge in [-0.1, -0.05) is 11.8 Å². The number of allylic oxidation sites excluding steroid dienone is 1. The Morgan fingerprint density at radius 1 is 1.73 bits per heavy atom. The molecule has 0 radical (unpaired) electrons. The zero-order valence-electron chi connectivity index (χ0n) is 6.33. The second-order valence-electron chi connectivity index (χ2n) is 1.56. The minimum absolute atomic E-state index is 0.201. The second kappa shape index (κ2) is 6.84. The lowest BCUT2D eigenvalue weighted by Gasteiger charge is -1.91. The third-order valence-electron chi connectivity index (χ3n) is 0.770. The number of esters is 1. The van der Waals surface area contributed by atoms with Crippen LogP contribution in [0.25, 0.3) is 0 Å². The Morgan fingerprint density at radius 3 is 3.00 bits per heavy atom. The van der Waals surface area contributed by atoms with E-state index in [2.05, 4.69) is 16.6 Å². The first kappa shape index (κ1) is 9.73. The zero-order valence-corrected chi connectivity index (χ0v) is 6.33. The topological polar surface area (TPSA) is 46.5 Å². The highest BCUT2D eigenvalue weighted by molar-refractivity contribution is 5.82.